The predicted molar refractivity (Wildman–Crippen MR) is 81.1 cm³/mol. The van der Waals surface area contributed by atoms with Crippen molar-refractivity contribution in [3.63, 3.8) is 0 Å². The van der Waals surface area contributed by atoms with Gasteiger partial charge in [0.15, 0.2) is 0 Å². The maximum Gasteiger partial charge on any atom is 0.0802 e. The van der Waals surface area contributed by atoms with Gasteiger partial charge in [-0.15, -0.1) is 23.1 Å². The van der Waals surface area contributed by atoms with Crippen molar-refractivity contribution in [3.05, 3.63) is 51.7 Å². The van der Waals surface area contributed by atoms with Crippen LogP contribution in [0.3, 0.4) is 0 Å². The van der Waals surface area contributed by atoms with Crippen LogP contribution in [0.25, 0.3) is 0 Å². The molecular formula is C14H18N2S2. The molecule has 1 aromatic carbocycles. The van der Waals surface area contributed by atoms with Crippen molar-refractivity contribution in [3.8, 4) is 0 Å². The van der Waals surface area contributed by atoms with Crippen LogP contribution in [-0.4, -0.2) is 5.75 Å². The monoisotopic (exact) mass is 278 g/mol. The SMILES string of the molecule is CCSc1ccc(C(NN)c2ccc(C)s2)cc1. The molecule has 0 bridgehead atoms. The van der Waals surface area contributed by atoms with Gasteiger partial charge < -0.3 is 0 Å². The average molecular weight is 278 g/mol. The number of hydrogen-bond donors (Lipinski definition) is 2. The number of thiophene rings is 1. The fraction of sp³-hybridized carbons (Fsp3) is 0.286. The third-order valence-corrected chi connectivity index (χ3v) is 4.70. The van der Waals surface area contributed by atoms with E-state index in [9.17, 15) is 0 Å². The molecule has 0 spiro atoms. The summed E-state index contributed by atoms with van der Waals surface area (Å²) in [7, 11) is 0. The van der Waals surface area contributed by atoms with Crippen LogP contribution in [0.1, 0.15) is 28.3 Å². The molecule has 2 rings (SSSR count). The van der Waals surface area contributed by atoms with E-state index in [2.05, 4.69) is 55.7 Å². The predicted octanol–water partition coefficient (Wildman–Crippen LogP) is 3.72. The molecular weight excluding hydrogens is 260 g/mol. The van der Waals surface area contributed by atoms with Gasteiger partial charge in [-0.2, -0.15) is 0 Å². The van der Waals surface area contributed by atoms with Gasteiger partial charge in [0.2, 0.25) is 0 Å². The fourth-order valence-corrected chi connectivity index (χ4v) is 3.50. The molecule has 96 valence electrons. The highest BCUT2D eigenvalue weighted by atomic mass is 32.2. The number of nitrogens with one attached hydrogen (secondary N) is 1. The van der Waals surface area contributed by atoms with Crippen LogP contribution in [0, 0.1) is 6.92 Å². The molecule has 2 nitrogen and oxygen atoms in total. The summed E-state index contributed by atoms with van der Waals surface area (Å²) in [4.78, 5) is 3.87. The van der Waals surface area contributed by atoms with Crippen molar-refractivity contribution in [2.24, 2.45) is 5.84 Å². The molecule has 0 aliphatic heterocycles. The van der Waals surface area contributed by atoms with Gasteiger partial charge in [-0.25, -0.2) is 5.43 Å². The van der Waals surface area contributed by atoms with Crippen LogP contribution in [0.15, 0.2) is 41.3 Å². The summed E-state index contributed by atoms with van der Waals surface area (Å²) in [6, 6.07) is 13.0. The number of benzene rings is 1. The molecule has 3 N–H and O–H groups in total. The van der Waals surface area contributed by atoms with Gasteiger partial charge in [0.25, 0.3) is 0 Å². The van der Waals surface area contributed by atoms with Crippen LogP contribution in [0.2, 0.25) is 0 Å². The summed E-state index contributed by atoms with van der Waals surface area (Å²) in [5, 5.41) is 0. The van der Waals surface area contributed by atoms with E-state index in [1.807, 2.05) is 11.8 Å². The normalized spacial score (nSPS) is 12.6. The molecule has 0 saturated heterocycles. The Morgan fingerprint density at radius 2 is 1.94 bits per heavy atom. The minimum Gasteiger partial charge on any atom is -0.271 e. The second-order valence-corrected chi connectivity index (χ2v) is 6.71. The molecule has 0 amide bonds. The highest BCUT2D eigenvalue weighted by Gasteiger charge is 2.13. The minimum absolute atomic E-state index is 0.0874. The lowest BCUT2D eigenvalue weighted by Crippen LogP contribution is -2.28. The number of aryl methyl sites for hydroxylation is 1. The topological polar surface area (TPSA) is 38.0 Å². The van der Waals surface area contributed by atoms with Gasteiger partial charge in [0, 0.05) is 14.6 Å². The van der Waals surface area contributed by atoms with Gasteiger partial charge in [0.1, 0.15) is 0 Å². The molecule has 1 unspecified atom stereocenters. The highest BCUT2D eigenvalue weighted by molar-refractivity contribution is 7.99. The molecule has 1 atom stereocenters. The Kier molecular flexibility index (Phi) is 4.83. The number of thioether (sulfide) groups is 1. The second kappa shape index (κ2) is 6.38. The van der Waals surface area contributed by atoms with Gasteiger partial charge in [-0.05, 0) is 42.5 Å². The van der Waals surface area contributed by atoms with Crippen LogP contribution >= 0.6 is 23.1 Å². The quantitative estimate of drug-likeness (QED) is 0.497. The van der Waals surface area contributed by atoms with Gasteiger partial charge >= 0.3 is 0 Å². The first-order valence-corrected chi connectivity index (χ1v) is 7.80. The highest BCUT2D eigenvalue weighted by Crippen LogP contribution is 2.29. The summed E-state index contributed by atoms with van der Waals surface area (Å²) in [6.45, 7) is 4.28. The Morgan fingerprint density at radius 3 is 2.44 bits per heavy atom. The molecule has 0 saturated carbocycles. The molecule has 1 heterocycles. The van der Waals surface area contributed by atoms with Crippen molar-refractivity contribution in [1.82, 2.24) is 5.43 Å². The maximum absolute atomic E-state index is 5.69. The van der Waals surface area contributed by atoms with Crippen LogP contribution in [0.5, 0.6) is 0 Å². The van der Waals surface area contributed by atoms with Gasteiger partial charge in [0.05, 0.1) is 6.04 Å². The van der Waals surface area contributed by atoms with E-state index in [-0.39, 0.29) is 6.04 Å². The molecule has 4 heteroatoms. The first-order valence-electron chi connectivity index (χ1n) is 5.99. The second-order valence-electron chi connectivity index (χ2n) is 4.05. The number of hydrazine groups is 1. The standard InChI is InChI=1S/C14H18N2S2/c1-3-17-12-7-5-11(6-8-12)14(16-15)13-9-4-10(2)18-13/h4-9,14,16H,3,15H2,1-2H3. The van der Waals surface area contributed by atoms with Crippen LogP contribution < -0.4 is 11.3 Å². The van der Waals surface area contributed by atoms with Crippen molar-refractivity contribution in [2.45, 2.75) is 24.8 Å². The van der Waals surface area contributed by atoms with Crippen molar-refractivity contribution < 1.29 is 0 Å². The lowest BCUT2D eigenvalue weighted by molar-refractivity contribution is 0.646. The van der Waals surface area contributed by atoms with E-state index in [0.29, 0.717) is 0 Å². The van der Waals surface area contributed by atoms with E-state index in [0.717, 1.165) is 5.75 Å². The number of nitrogens with two attached hydrogens (primary N) is 1. The summed E-state index contributed by atoms with van der Waals surface area (Å²) in [5.74, 6) is 6.79. The van der Waals surface area contributed by atoms with E-state index in [1.165, 1.54) is 20.2 Å². The maximum atomic E-state index is 5.69. The van der Waals surface area contributed by atoms with Crippen LogP contribution in [-0.2, 0) is 0 Å². The first kappa shape index (κ1) is 13.6. The number of rotatable bonds is 5. The van der Waals surface area contributed by atoms with E-state index < -0.39 is 0 Å². The average Bonchev–Trinajstić information content (AvgIpc) is 2.79. The number of hydrogen-bond acceptors (Lipinski definition) is 4. The van der Waals surface area contributed by atoms with Gasteiger partial charge in [-0.3, -0.25) is 5.84 Å². The zero-order valence-electron chi connectivity index (χ0n) is 10.6. The van der Waals surface area contributed by atoms with Crippen molar-refractivity contribution in [1.29, 1.82) is 0 Å². The fourth-order valence-electron chi connectivity index (χ4n) is 1.87. The summed E-state index contributed by atoms with van der Waals surface area (Å²) in [6.07, 6.45) is 0. The molecule has 0 aliphatic rings. The Labute approximate surface area is 117 Å². The van der Waals surface area contributed by atoms with Gasteiger partial charge in [-0.1, -0.05) is 19.1 Å². The molecule has 0 radical (unpaired) electrons. The van der Waals surface area contributed by atoms with E-state index in [1.54, 1.807) is 11.3 Å². The lowest BCUT2D eigenvalue weighted by atomic mass is 10.1. The molecule has 0 aliphatic carbocycles. The lowest BCUT2D eigenvalue weighted by Gasteiger charge is -2.15. The first-order chi connectivity index (χ1) is 8.74. The van der Waals surface area contributed by atoms with Crippen LogP contribution in [0.4, 0.5) is 0 Å². The molecule has 1 aromatic heterocycles. The zero-order valence-corrected chi connectivity index (χ0v) is 12.3. The van der Waals surface area contributed by atoms with E-state index in [4.69, 9.17) is 5.84 Å². The van der Waals surface area contributed by atoms with Crippen molar-refractivity contribution in [2.75, 3.05) is 5.75 Å². The Morgan fingerprint density at radius 1 is 1.22 bits per heavy atom. The van der Waals surface area contributed by atoms with E-state index >= 15 is 0 Å². The molecule has 2 aromatic rings. The summed E-state index contributed by atoms with van der Waals surface area (Å²) in [5.41, 5.74) is 4.11. The molecule has 18 heavy (non-hydrogen) atoms. The Balaban J connectivity index is 2.22. The third kappa shape index (κ3) is 3.14. The summed E-state index contributed by atoms with van der Waals surface area (Å²) >= 11 is 3.64. The molecule has 0 fully saturated rings. The Hall–Kier alpha value is -0.810. The smallest absolute Gasteiger partial charge is 0.0802 e. The Bertz CT molecular complexity index is 491. The summed E-state index contributed by atoms with van der Waals surface area (Å²) < 4.78 is 0. The minimum atomic E-state index is 0.0874. The third-order valence-electron chi connectivity index (χ3n) is 2.74. The van der Waals surface area contributed by atoms with Crippen molar-refractivity contribution >= 4 is 23.1 Å². The zero-order chi connectivity index (χ0) is 13.0. The largest absolute Gasteiger partial charge is 0.271 e.